The van der Waals surface area contributed by atoms with Crippen molar-refractivity contribution in [2.75, 3.05) is 0 Å². The van der Waals surface area contributed by atoms with E-state index in [1.54, 1.807) is 0 Å². The van der Waals surface area contributed by atoms with Crippen LogP contribution < -0.4 is 0 Å². The van der Waals surface area contributed by atoms with E-state index >= 15 is 0 Å². The van der Waals surface area contributed by atoms with Crippen molar-refractivity contribution >= 4 is 0 Å². The topological polar surface area (TPSA) is 0 Å². The zero-order valence-electron chi connectivity index (χ0n) is 14.1. The molecule has 0 aromatic carbocycles. The fourth-order valence-electron chi connectivity index (χ4n) is 1.28. The molecule has 0 aromatic heterocycles. The summed E-state index contributed by atoms with van der Waals surface area (Å²) < 4.78 is 0. The minimum absolute atomic E-state index is 0. The Labute approximate surface area is 214 Å². The minimum atomic E-state index is 0. The van der Waals surface area contributed by atoms with Crippen LogP contribution in [0.3, 0.4) is 0 Å². The molecule has 0 nitrogen and oxygen atoms in total. The number of rotatable bonds is 0. The van der Waals surface area contributed by atoms with Gasteiger partial charge in [-0.3, -0.25) is 0 Å². The molecule has 4 saturated carbocycles. The summed E-state index contributed by atoms with van der Waals surface area (Å²) in [5.74, 6) is 0. The predicted octanol–water partition coefficient (Wildman–Crippen LogP) is 4.99. The number of hydrogen-bond donors (Lipinski definition) is 0. The average Bonchev–Trinajstić information content (AvgIpc) is 3.40. The summed E-state index contributed by atoms with van der Waals surface area (Å²) >= 11 is 0. The first-order chi connectivity index (χ1) is 10.0. The van der Waals surface area contributed by atoms with E-state index < -0.39 is 0 Å². The van der Waals surface area contributed by atoms with Crippen LogP contribution in [-0.2, 0) is 0 Å². The second kappa shape index (κ2) is 30.2. The fraction of sp³-hybridized carbons (Fsp3) is 0. The molecule has 4 aliphatic carbocycles. The van der Waals surface area contributed by atoms with Crippen molar-refractivity contribution in [3.05, 3.63) is 143 Å². The van der Waals surface area contributed by atoms with Gasteiger partial charge >= 0.3 is 0 Å². The molecule has 0 aliphatic heterocycles. The van der Waals surface area contributed by atoms with Gasteiger partial charge in [-0.15, -0.1) is 0 Å². The van der Waals surface area contributed by atoms with Crippen LogP contribution >= 0.6 is 0 Å². The van der Waals surface area contributed by atoms with Crippen molar-refractivity contribution in [1.82, 2.24) is 0 Å². The summed E-state index contributed by atoms with van der Waals surface area (Å²) in [5.41, 5.74) is 0. The molecule has 142 valence electrons. The Kier molecular flexibility index (Phi) is 42.8. The van der Waals surface area contributed by atoms with E-state index in [0.717, 1.165) is 0 Å². The summed E-state index contributed by atoms with van der Waals surface area (Å²) in [5, 5.41) is 0. The molecule has 0 unspecified atom stereocenters. The Hall–Kier alpha value is 2.47. The third kappa shape index (κ3) is 26.7. The summed E-state index contributed by atoms with van der Waals surface area (Å²) in [6, 6.07) is 0. The maximum absolute atomic E-state index is 2.00. The second-order valence-corrected chi connectivity index (χ2v) is 3.85. The van der Waals surface area contributed by atoms with Gasteiger partial charge in [-0.25, -0.2) is 0 Å². The van der Waals surface area contributed by atoms with Gasteiger partial charge < -0.3 is 14.9 Å². The van der Waals surface area contributed by atoms with Crippen molar-refractivity contribution in [1.29, 1.82) is 0 Å². The van der Waals surface area contributed by atoms with Gasteiger partial charge in [0.05, 0.1) is 0 Å². The summed E-state index contributed by atoms with van der Waals surface area (Å²) in [4.78, 5) is 0. The van der Waals surface area contributed by atoms with Crippen LogP contribution in [0.25, 0.3) is 0 Å². The molecule has 0 atom stereocenters. The fourth-order valence-corrected chi connectivity index (χ4v) is 1.28. The maximum atomic E-state index is 2.00. The molecular formula is C22H26Tm2-2. The van der Waals surface area contributed by atoms with E-state index in [4.69, 9.17) is 0 Å². The van der Waals surface area contributed by atoms with E-state index in [9.17, 15) is 0 Å². The van der Waals surface area contributed by atoms with Gasteiger partial charge in [-0.05, 0) is 128 Å². The third-order valence-corrected chi connectivity index (χ3v) is 2.22. The van der Waals surface area contributed by atoms with Crippen LogP contribution in [0.2, 0.25) is 0 Å². The Balaban J connectivity index is -0.000000105. The third-order valence-electron chi connectivity index (χ3n) is 2.22. The zero-order chi connectivity index (χ0) is 14.1. The molecule has 4 rings (SSSR count). The van der Waals surface area contributed by atoms with Crippen LogP contribution in [0.1, 0.15) is 0 Å². The summed E-state index contributed by atoms with van der Waals surface area (Å²) in [7, 11) is 0. The number of hydrogen-bond acceptors (Lipinski definition) is 0. The van der Waals surface area contributed by atoms with Gasteiger partial charge in [-0.1, -0.05) is 0 Å². The van der Waals surface area contributed by atoms with E-state index in [1.165, 1.54) is 0 Å². The Morgan fingerprint density at radius 3 is 0.250 bits per heavy atom. The quantitative estimate of drug-likeness (QED) is 0.332. The van der Waals surface area contributed by atoms with Gasteiger partial charge in [0.15, 0.2) is 0 Å². The Morgan fingerprint density at radius 2 is 0.208 bits per heavy atom. The predicted molar refractivity (Wildman–Crippen MR) is 98.8 cm³/mol. The first-order valence-corrected chi connectivity index (χ1v) is 6.67. The molecule has 24 heavy (non-hydrogen) atoms. The SMILES string of the molecule is [CH3-].[CH3-].[CH]1[CH][CH][CH][CH]1.[CH]1[CH][CH][CH][CH]1.[CH]1[CH][CH][CH][CH]1.[CH]1[CH][CH][CH][CH]1.[Tm].[Tm]. The molecule has 0 amide bonds. The normalized spacial score (nSPS) is 20.0. The van der Waals surface area contributed by atoms with Gasteiger partial charge in [0.2, 0.25) is 0 Å². The molecule has 0 heterocycles. The van der Waals surface area contributed by atoms with Gasteiger partial charge in [0.1, 0.15) is 0 Å². The van der Waals surface area contributed by atoms with Crippen LogP contribution in [-0.4, -0.2) is 0 Å². The minimum Gasteiger partial charge on any atom is -0.358 e. The molecular weight excluding hydrogens is 602 g/mol. The molecule has 0 aromatic rings. The first-order valence-electron chi connectivity index (χ1n) is 6.67. The standard InChI is InChI=1S/4C5H5.2CH3.2Tm/c4*1-2-4-5-3-1;;;;/h4*1-5H;2*1H3;;/q;;;;2*-1;;. The Morgan fingerprint density at radius 1 is 0.167 bits per heavy atom. The van der Waals surface area contributed by atoms with Crippen LogP contribution in [0.5, 0.6) is 0 Å². The van der Waals surface area contributed by atoms with Crippen LogP contribution in [0.4, 0.5) is 0 Å². The largest absolute Gasteiger partial charge is 0.358 e. The monoisotopic (exact) mass is 628 g/mol. The van der Waals surface area contributed by atoms with Crippen LogP contribution in [0.15, 0.2) is 0 Å². The van der Waals surface area contributed by atoms with Gasteiger partial charge in [0.25, 0.3) is 0 Å². The van der Waals surface area contributed by atoms with Crippen molar-refractivity contribution in [3.8, 4) is 0 Å². The molecule has 2 heteroatoms. The molecule has 4 aliphatic rings. The average molecular weight is 628 g/mol. The zero-order valence-corrected chi connectivity index (χ0v) is 17.7. The molecule has 0 spiro atoms. The molecule has 0 bridgehead atoms. The smallest absolute Gasteiger partial charge is 0 e. The molecule has 4 fully saturated rings. The summed E-state index contributed by atoms with van der Waals surface area (Å²) in [6.07, 6.45) is 40.0. The molecule has 0 saturated heterocycles. The first kappa shape index (κ1) is 34.0. The van der Waals surface area contributed by atoms with Crippen LogP contribution in [0, 0.1) is 217 Å². The van der Waals surface area contributed by atoms with Gasteiger partial charge in [0, 0.05) is 73.7 Å². The Bertz CT molecular complexity index is 96.4. The van der Waals surface area contributed by atoms with Crippen molar-refractivity contribution < 1.29 is 73.7 Å². The van der Waals surface area contributed by atoms with Crippen molar-refractivity contribution in [2.45, 2.75) is 0 Å². The van der Waals surface area contributed by atoms with Crippen molar-refractivity contribution in [2.24, 2.45) is 0 Å². The maximum Gasteiger partial charge on any atom is 0 e. The molecule has 0 N–H and O–H groups in total. The van der Waals surface area contributed by atoms with Crippen molar-refractivity contribution in [3.63, 3.8) is 0 Å². The van der Waals surface area contributed by atoms with E-state index in [0.29, 0.717) is 0 Å². The second-order valence-electron chi connectivity index (χ2n) is 3.85. The summed E-state index contributed by atoms with van der Waals surface area (Å²) in [6.45, 7) is 0. The molecule has 22 radical (unpaired) electrons. The van der Waals surface area contributed by atoms with E-state index in [2.05, 4.69) is 0 Å². The van der Waals surface area contributed by atoms with E-state index in [1.807, 2.05) is 128 Å². The van der Waals surface area contributed by atoms with E-state index in [-0.39, 0.29) is 88.6 Å². The van der Waals surface area contributed by atoms with Gasteiger partial charge in [-0.2, -0.15) is 0 Å².